The quantitative estimate of drug-likeness (QED) is 0.0697. The van der Waals surface area contributed by atoms with Gasteiger partial charge in [-0.15, -0.1) is 0 Å². The summed E-state index contributed by atoms with van der Waals surface area (Å²) in [5.74, 6) is 2.83. The first kappa shape index (κ1) is 41.6. The number of ether oxygens (including phenoxy) is 6. The zero-order chi connectivity index (χ0) is 42.3. The average Bonchev–Trinajstić information content (AvgIpc) is 3.26. The van der Waals surface area contributed by atoms with Gasteiger partial charge in [0, 0.05) is 66.6 Å². The molecule has 302 valence electrons. The lowest BCUT2D eigenvalue weighted by Crippen LogP contribution is -2.19. The number of amides is 2. The molecule has 0 aliphatic carbocycles. The monoisotopic (exact) mass is 807 g/mol. The summed E-state index contributed by atoms with van der Waals surface area (Å²) in [5, 5.41) is 25.7. The molecule has 0 atom stereocenters. The highest BCUT2D eigenvalue weighted by molar-refractivity contribution is 5.99. The van der Waals surface area contributed by atoms with Crippen molar-refractivity contribution in [3.63, 3.8) is 0 Å². The first-order valence-electron chi connectivity index (χ1n) is 18.3. The number of rotatable bonds is 14. The maximum atomic E-state index is 13.0. The third kappa shape index (κ3) is 11.1. The molecule has 2 amide bonds. The Labute approximate surface area is 344 Å². The van der Waals surface area contributed by atoms with Gasteiger partial charge in [-0.25, -0.2) is 9.18 Å². The molecule has 0 spiro atoms. The Balaban J connectivity index is 0.000000213. The Hall–Kier alpha value is -7.98. The fourth-order valence-corrected chi connectivity index (χ4v) is 5.58. The zero-order valence-electron chi connectivity index (χ0n) is 32.5. The van der Waals surface area contributed by atoms with Crippen LogP contribution in [0.25, 0.3) is 21.8 Å². The molecule has 4 N–H and O–H groups in total. The molecule has 0 radical (unpaired) electrons. The minimum atomic E-state index is -0.460. The van der Waals surface area contributed by atoms with Crippen LogP contribution in [0.2, 0.25) is 0 Å². The highest BCUT2D eigenvalue weighted by Crippen LogP contribution is 2.35. The number of nitrogens with one attached hydrogen (secondary N) is 2. The minimum Gasteiger partial charge on any atom is -0.490 e. The number of carbonyl (C=O) groups excluding carboxylic acids is 1. The molecule has 7 rings (SSSR count). The van der Waals surface area contributed by atoms with Crippen molar-refractivity contribution >= 4 is 44.9 Å². The number of benzene rings is 5. The van der Waals surface area contributed by atoms with Gasteiger partial charge in [0.2, 0.25) is 0 Å². The lowest BCUT2D eigenvalue weighted by Gasteiger charge is -2.12. The molecule has 5 aromatic carbocycles. The predicted octanol–water partition coefficient (Wildman–Crippen LogP) is 9.21. The number of pyridine rings is 2. The fourth-order valence-electron chi connectivity index (χ4n) is 5.58. The largest absolute Gasteiger partial charge is 0.490 e. The van der Waals surface area contributed by atoms with Crippen LogP contribution < -0.4 is 35.3 Å². The van der Waals surface area contributed by atoms with Crippen LogP contribution in [0.5, 0.6) is 34.5 Å². The highest BCUT2D eigenvalue weighted by atomic mass is 19.1. The van der Waals surface area contributed by atoms with E-state index in [1.807, 2.05) is 0 Å². The predicted molar refractivity (Wildman–Crippen MR) is 224 cm³/mol. The van der Waals surface area contributed by atoms with Crippen LogP contribution in [0, 0.1) is 28.5 Å². The van der Waals surface area contributed by atoms with Crippen LogP contribution >= 0.6 is 0 Å². The second-order valence-electron chi connectivity index (χ2n) is 12.6. The molecule has 0 bridgehead atoms. The Bertz CT molecular complexity index is 2650. The molecule has 0 fully saturated rings. The van der Waals surface area contributed by atoms with E-state index in [4.69, 9.17) is 34.2 Å². The lowest BCUT2D eigenvalue weighted by molar-refractivity contribution is 0.146. The van der Waals surface area contributed by atoms with Crippen molar-refractivity contribution in [3.8, 4) is 46.6 Å². The second kappa shape index (κ2) is 20.4. The smallest absolute Gasteiger partial charge is 0.323 e. The van der Waals surface area contributed by atoms with Crippen molar-refractivity contribution in [2.24, 2.45) is 0 Å². The SMILES string of the molecule is COCCOc1cc2nccc(Oc3ccc(N)cc3)c2cc1C#N.COCCOc1cc2nccc(Oc3ccc(NC(=O)Nc4ccc(F)cc4)cc3)c2cc1C#N. The van der Waals surface area contributed by atoms with E-state index in [1.165, 1.54) is 24.3 Å². The van der Waals surface area contributed by atoms with Crippen molar-refractivity contribution < 1.29 is 37.6 Å². The number of fused-ring (bicyclic) bond motifs is 2. The summed E-state index contributed by atoms with van der Waals surface area (Å²) in [6.45, 7) is 1.52. The van der Waals surface area contributed by atoms with Crippen molar-refractivity contribution in [1.82, 2.24) is 9.97 Å². The van der Waals surface area contributed by atoms with E-state index in [0.29, 0.717) is 106 Å². The maximum Gasteiger partial charge on any atom is 0.323 e. The van der Waals surface area contributed by atoms with Gasteiger partial charge in [0.15, 0.2) is 0 Å². The fraction of sp³-hybridized carbons (Fsp3) is 0.133. The minimum absolute atomic E-state index is 0.315. The maximum absolute atomic E-state index is 13.0. The number of nitrogen functional groups attached to an aromatic ring is 1. The summed E-state index contributed by atoms with van der Waals surface area (Å²) >= 11 is 0. The number of carbonyl (C=O) groups is 1. The summed E-state index contributed by atoms with van der Waals surface area (Å²) < 4.78 is 46.1. The van der Waals surface area contributed by atoms with Gasteiger partial charge in [-0.05, 0) is 97.1 Å². The van der Waals surface area contributed by atoms with Crippen LogP contribution in [-0.2, 0) is 9.47 Å². The van der Waals surface area contributed by atoms with Crippen molar-refractivity contribution in [1.29, 1.82) is 10.5 Å². The molecule has 7 aromatic rings. The van der Waals surface area contributed by atoms with E-state index in [2.05, 4.69) is 32.7 Å². The summed E-state index contributed by atoms with van der Waals surface area (Å²) in [5.41, 5.74) is 9.44. The third-order valence-corrected chi connectivity index (χ3v) is 8.49. The number of hydrogen-bond acceptors (Lipinski definition) is 12. The van der Waals surface area contributed by atoms with Gasteiger partial charge in [0.25, 0.3) is 0 Å². The number of nitriles is 2. The molecule has 14 nitrogen and oxygen atoms in total. The van der Waals surface area contributed by atoms with E-state index in [9.17, 15) is 19.7 Å². The number of halogens is 1. The van der Waals surface area contributed by atoms with Crippen LogP contribution in [0.4, 0.5) is 26.2 Å². The number of anilines is 3. The summed E-state index contributed by atoms with van der Waals surface area (Å²) in [6, 6.07) is 33.5. The molecule has 60 heavy (non-hydrogen) atoms. The van der Waals surface area contributed by atoms with E-state index < -0.39 is 6.03 Å². The molecule has 15 heteroatoms. The van der Waals surface area contributed by atoms with Crippen molar-refractivity contribution in [2.45, 2.75) is 0 Å². The van der Waals surface area contributed by atoms with Gasteiger partial charge >= 0.3 is 6.03 Å². The molecular formula is C45H38FN7O7. The van der Waals surface area contributed by atoms with Gasteiger partial charge in [0.1, 0.15) is 65.7 Å². The lowest BCUT2D eigenvalue weighted by atomic mass is 10.1. The van der Waals surface area contributed by atoms with Gasteiger partial charge in [0.05, 0.1) is 35.4 Å². The van der Waals surface area contributed by atoms with Gasteiger partial charge in [-0.3, -0.25) is 9.97 Å². The Morgan fingerprint density at radius 3 is 1.48 bits per heavy atom. The number of nitrogens with two attached hydrogens (primary N) is 1. The topological polar surface area (TPSA) is 196 Å². The number of hydrogen-bond donors (Lipinski definition) is 3. The Morgan fingerprint density at radius 1 is 0.617 bits per heavy atom. The van der Waals surface area contributed by atoms with Crippen LogP contribution in [0.15, 0.2) is 122 Å². The van der Waals surface area contributed by atoms with Crippen LogP contribution in [-0.4, -0.2) is 56.6 Å². The number of nitrogens with zero attached hydrogens (tertiary/aromatic N) is 4. The van der Waals surface area contributed by atoms with Gasteiger partial charge in [-0.2, -0.15) is 10.5 Å². The zero-order valence-corrected chi connectivity index (χ0v) is 32.5. The van der Waals surface area contributed by atoms with E-state index >= 15 is 0 Å². The van der Waals surface area contributed by atoms with Gasteiger partial charge < -0.3 is 44.8 Å². The summed E-state index contributed by atoms with van der Waals surface area (Å²) in [4.78, 5) is 20.9. The number of urea groups is 1. The van der Waals surface area contributed by atoms with E-state index in [0.717, 1.165) is 5.39 Å². The van der Waals surface area contributed by atoms with E-state index in [-0.39, 0.29) is 5.82 Å². The molecule has 0 saturated heterocycles. The second-order valence-corrected chi connectivity index (χ2v) is 12.6. The van der Waals surface area contributed by atoms with Crippen molar-refractivity contribution in [2.75, 3.05) is 57.0 Å². The third-order valence-electron chi connectivity index (χ3n) is 8.49. The van der Waals surface area contributed by atoms with Crippen LogP contribution in [0.3, 0.4) is 0 Å². The van der Waals surface area contributed by atoms with Crippen LogP contribution in [0.1, 0.15) is 11.1 Å². The van der Waals surface area contributed by atoms with Crippen molar-refractivity contribution in [3.05, 3.63) is 139 Å². The average molecular weight is 808 g/mol. The number of methoxy groups -OCH3 is 2. The summed E-state index contributed by atoms with van der Waals surface area (Å²) in [6.07, 6.45) is 3.26. The highest BCUT2D eigenvalue weighted by Gasteiger charge is 2.14. The molecule has 0 aliphatic heterocycles. The molecular weight excluding hydrogens is 770 g/mol. The van der Waals surface area contributed by atoms with Gasteiger partial charge in [-0.1, -0.05) is 0 Å². The Kier molecular flexibility index (Phi) is 14.2. The molecule has 2 heterocycles. The first-order chi connectivity index (χ1) is 29.3. The standard InChI is InChI=1S/C26H21FN4O4.C19H17N3O3/c1-33-12-13-34-25-15-23-22(14-17(25)16-28)24(10-11-29-23)35-21-8-6-20(7-9-21)31-26(32)30-19-4-2-18(27)3-5-19;1-23-8-9-24-19-11-17-16(10-13(19)12-20)18(6-7-22-17)25-15-4-2-14(21)3-5-15/h2-11,14-15H,12-13H2,1H3,(H2,30,31,32);2-7,10-11H,8-9,21H2,1H3. The first-order valence-corrected chi connectivity index (χ1v) is 18.3. The Morgan fingerprint density at radius 2 is 1.05 bits per heavy atom. The molecule has 2 aromatic heterocycles. The van der Waals surface area contributed by atoms with E-state index in [1.54, 1.807) is 112 Å². The molecule has 0 aliphatic rings. The molecule has 0 unspecified atom stereocenters. The molecule has 0 saturated carbocycles. The summed E-state index contributed by atoms with van der Waals surface area (Å²) in [7, 11) is 3.17. The normalized spacial score (nSPS) is 10.4. The number of aromatic nitrogens is 2.